The van der Waals surface area contributed by atoms with Crippen LogP contribution in [0.3, 0.4) is 0 Å². The molecular formula is C23H20O. The third-order valence-corrected chi connectivity index (χ3v) is 4.74. The molecule has 24 heavy (non-hydrogen) atoms. The van der Waals surface area contributed by atoms with Gasteiger partial charge in [-0.25, -0.2) is 0 Å². The first-order valence-electron chi connectivity index (χ1n) is 8.28. The van der Waals surface area contributed by atoms with Crippen molar-refractivity contribution in [3.8, 4) is 11.1 Å². The quantitative estimate of drug-likeness (QED) is 0.414. The predicted molar refractivity (Wildman–Crippen MR) is 102 cm³/mol. The van der Waals surface area contributed by atoms with Gasteiger partial charge in [-0.3, -0.25) is 0 Å². The second kappa shape index (κ2) is 6.10. The van der Waals surface area contributed by atoms with Crippen molar-refractivity contribution in [1.82, 2.24) is 0 Å². The minimum absolute atomic E-state index is 0.606. The van der Waals surface area contributed by atoms with Crippen molar-refractivity contribution < 1.29 is 4.74 Å². The van der Waals surface area contributed by atoms with Crippen LogP contribution in [0.4, 0.5) is 0 Å². The summed E-state index contributed by atoms with van der Waals surface area (Å²) in [5.74, 6) is 0. The van der Waals surface area contributed by atoms with Crippen LogP contribution in [0.15, 0.2) is 72.8 Å². The Balaban J connectivity index is 2.24. The molecule has 0 aliphatic heterocycles. The Morgan fingerprint density at radius 1 is 0.667 bits per heavy atom. The zero-order chi connectivity index (χ0) is 16.5. The van der Waals surface area contributed by atoms with Crippen molar-refractivity contribution in [2.75, 3.05) is 7.11 Å². The summed E-state index contributed by atoms with van der Waals surface area (Å²) in [6.07, 6.45) is 0. The molecule has 0 radical (unpaired) electrons. The fraction of sp³-hybridized carbons (Fsp3) is 0.130. The van der Waals surface area contributed by atoms with E-state index >= 15 is 0 Å². The van der Waals surface area contributed by atoms with Gasteiger partial charge in [0.25, 0.3) is 0 Å². The molecule has 4 aromatic carbocycles. The third-order valence-electron chi connectivity index (χ3n) is 4.74. The lowest BCUT2D eigenvalue weighted by atomic mass is 9.87. The number of methoxy groups -OCH3 is 1. The van der Waals surface area contributed by atoms with Gasteiger partial charge in [-0.2, -0.15) is 0 Å². The molecule has 0 aliphatic rings. The van der Waals surface area contributed by atoms with Crippen LogP contribution < -0.4 is 0 Å². The van der Waals surface area contributed by atoms with E-state index in [4.69, 9.17) is 4.74 Å². The standard InChI is InChI=1S/C23H20O/c1-16-9-3-4-10-17(16)23-21-14-8-7-12-19(21)18-11-5-6-13-20(18)22(23)15-24-2/h3-14H,15H2,1-2H3. The van der Waals surface area contributed by atoms with Gasteiger partial charge in [0.15, 0.2) is 0 Å². The number of rotatable bonds is 3. The van der Waals surface area contributed by atoms with Gasteiger partial charge >= 0.3 is 0 Å². The molecule has 0 N–H and O–H groups in total. The molecule has 0 aliphatic carbocycles. The van der Waals surface area contributed by atoms with E-state index in [1.807, 2.05) is 0 Å². The summed E-state index contributed by atoms with van der Waals surface area (Å²) in [4.78, 5) is 0. The highest BCUT2D eigenvalue weighted by Gasteiger charge is 2.16. The summed E-state index contributed by atoms with van der Waals surface area (Å²) < 4.78 is 5.59. The van der Waals surface area contributed by atoms with Gasteiger partial charge in [0.1, 0.15) is 0 Å². The molecule has 118 valence electrons. The second-order valence-electron chi connectivity index (χ2n) is 6.19. The first-order valence-corrected chi connectivity index (χ1v) is 8.28. The highest BCUT2D eigenvalue weighted by Crippen LogP contribution is 2.40. The smallest absolute Gasteiger partial charge is 0.0725 e. The third kappa shape index (κ3) is 2.29. The average molecular weight is 312 g/mol. The first-order chi connectivity index (χ1) is 11.8. The molecule has 1 nitrogen and oxygen atoms in total. The maximum Gasteiger partial charge on any atom is 0.0725 e. The monoisotopic (exact) mass is 312 g/mol. The van der Waals surface area contributed by atoms with Crippen molar-refractivity contribution in [2.45, 2.75) is 13.5 Å². The van der Waals surface area contributed by atoms with E-state index in [0.29, 0.717) is 6.61 Å². The fourth-order valence-corrected chi connectivity index (χ4v) is 3.67. The maximum atomic E-state index is 5.59. The number of benzene rings is 4. The van der Waals surface area contributed by atoms with Crippen LogP contribution in [0.5, 0.6) is 0 Å². The van der Waals surface area contributed by atoms with Gasteiger partial charge in [0.2, 0.25) is 0 Å². The van der Waals surface area contributed by atoms with Crippen molar-refractivity contribution >= 4 is 21.5 Å². The Bertz CT molecular complexity index is 1030. The summed E-state index contributed by atoms with van der Waals surface area (Å²) in [5, 5.41) is 5.15. The summed E-state index contributed by atoms with van der Waals surface area (Å²) in [6.45, 7) is 2.78. The molecule has 0 spiro atoms. The molecule has 0 saturated carbocycles. The largest absolute Gasteiger partial charge is 0.380 e. The zero-order valence-corrected chi connectivity index (χ0v) is 14.0. The van der Waals surface area contributed by atoms with E-state index in [9.17, 15) is 0 Å². The van der Waals surface area contributed by atoms with Crippen LogP contribution >= 0.6 is 0 Å². The van der Waals surface area contributed by atoms with E-state index < -0.39 is 0 Å². The molecule has 0 aromatic heterocycles. The Kier molecular flexibility index (Phi) is 3.79. The van der Waals surface area contributed by atoms with Crippen LogP contribution in [0.2, 0.25) is 0 Å². The van der Waals surface area contributed by atoms with Crippen molar-refractivity contribution in [1.29, 1.82) is 0 Å². The van der Waals surface area contributed by atoms with E-state index in [0.717, 1.165) is 0 Å². The molecule has 0 unspecified atom stereocenters. The van der Waals surface area contributed by atoms with Gasteiger partial charge in [-0.1, -0.05) is 72.8 Å². The number of ether oxygens (including phenoxy) is 1. The van der Waals surface area contributed by atoms with E-state index in [1.54, 1.807) is 7.11 Å². The minimum Gasteiger partial charge on any atom is -0.380 e. The van der Waals surface area contributed by atoms with Crippen LogP contribution in [0.1, 0.15) is 11.1 Å². The van der Waals surface area contributed by atoms with Crippen molar-refractivity contribution in [3.63, 3.8) is 0 Å². The topological polar surface area (TPSA) is 9.23 Å². The van der Waals surface area contributed by atoms with Crippen LogP contribution in [0, 0.1) is 6.92 Å². The summed E-state index contributed by atoms with van der Waals surface area (Å²) in [7, 11) is 1.77. The van der Waals surface area contributed by atoms with Crippen LogP contribution in [0.25, 0.3) is 32.7 Å². The predicted octanol–water partition coefficient (Wildman–Crippen LogP) is 6.11. The lowest BCUT2D eigenvalue weighted by Crippen LogP contribution is -1.97. The van der Waals surface area contributed by atoms with Crippen molar-refractivity contribution in [2.24, 2.45) is 0 Å². The van der Waals surface area contributed by atoms with Gasteiger partial charge in [0.05, 0.1) is 6.61 Å². The normalized spacial score (nSPS) is 11.2. The summed E-state index contributed by atoms with van der Waals surface area (Å²) in [5.41, 5.74) is 5.13. The lowest BCUT2D eigenvalue weighted by molar-refractivity contribution is 0.186. The lowest BCUT2D eigenvalue weighted by Gasteiger charge is -2.18. The molecule has 0 atom stereocenters. The Labute approximate surface area is 142 Å². The molecule has 0 heterocycles. The number of hydrogen-bond donors (Lipinski definition) is 0. The van der Waals surface area contributed by atoms with Gasteiger partial charge in [0, 0.05) is 7.11 Å². The van der Waals surface area contributed by atoms with Crippen LogP contribution in [-0.4, -0.2) is 7.11 Å². The van der Waals surface area contributed by atoms with Gasteiger partial charge in [-0.05, 0) is 50.7 Å². The molecular weight excluding hydrogens is 292 g/mol. The zero-order valence-electron chi connectivity index (χ0n) is 14.0. The molecule has 4 aromatic rings. The molecule has 1 heteroatoms. The molecule has 0 fully saturated rings. The molecule has 0 amide bonds. The second-order valence-corrected chi connectivity index (χ2v) is 6.19. The average Bonchev–Trinajstić information content (AvgIpc) is 2.63. The van der Waals surface area contributed by atoms with E-state index in [-0.39, 0.29) is 0 Å². The molecule has 0 saturated heterocycles. The Morgan fingerprint density at radius 3 is 1.88 bits per heavy atom. The summed E-state index contributed by atoms with van der Waals surface area (Å²) in [6, 6.07) is 25.9. The molecule has 0 bridgehead atoms. The first kappa shape index (κ1) is 14.9. The number of hydrogen-bond acceptors (Lipinski definition) is 1. The van der Waals surface area contributed by atoms with Gasteiger partial charge < -0.3 is 4.74 Å². The van der Waals surface area contributed by atoms with Crippen LogP contribution in [-0.2, 0) is 11.3 Å². The fourth-order valence-electron chi connectivity index (χ4n) is 3.67. The molecule has 4 rings (SSSR count). The summed E-state index contributed by atoms with van der Waals surface area (Å²) >= 11 is 0. The minimum atomic E-state index is 0.606. The van der Waals surface area contributed by atoms with Crippen molar-refractivity contribution in [3.05, 3.63) is 83.9 Å². The maximum absolute atomic E-state index is 5.59. The van der Waals surface area contributed by atoms with E-state index in [1.165, 1.54) is 43.8 Å². The number of aryl methyl sites for hydroxylation is 1. The highest BCUT2D eigenvalue weighted by molar-refractivity contribution is 6.16. The van der Waals surface area contributed by atoms with Gasteiger partial charge in [-0.15, -0.1) is 0 Å². The Morgan fingerprint density at radius 2 is 1.21 bits per heavy atom. The number of fused-ring (bicyclic) bond motifs is 3. The SMILES string of the molecule is COCc1c(-c2ccccc2C)c2ccccc2c2ccccc12. The Hall–Kier alpha value is -2.64. The highest BCUT2D eigenvalue weighted by atomic mass is 16.5. The van der Waals surface area contributed by atoms with E-state index in [2.05, 4.69) is 79.7 Å².